The summed E-state index contributed by atoms with van der Waals surface area (Å²) in [6.45, 7) is 0. The molecular formula is C20H23NO2. The van der Waals surface area contributed by atoms with Crippen LogP contribution < -0.4 is 0 Å². The van der Waals surface area contributed by atoms with Crippen LogP contribution in [0.25, 0.3) is 16.5 Å². The fraction of sp³-hybridized carbons (Fsp3) is 0.400. The van der Waals surface area contributed by atoms with Gasteiger partial charge in [-0.15, -0.1) is 0 Å². The molecule has 0 atom stereocenters. The van der Waals surface area contributed by atoms with E-state index in [0.29, 0.717) is 5.92 Å². The summed E-state index contributed by atoms with van der Waals surface area (Å²) >= 11 is 0. The van der Waals surface area contributed by atoms with Gasteiger partial charge in [0.25, 0.3) is 0 Å². The number of fused-ring (bicyclic) bond motifs is 1. The summed E-state index contributed by atoms with van der Waals surface area (Å²) in [4.78, 5) is 16.3. The molecule has 0 unspecified atom stereocenters. The molecule has 0 saturated heterocycles. The number of esters is 1. The van der Waals surface area contributed by atoms with Gasteiger partial charge in [0, 0.05) is 17.7 Å². The van der Waals surface area contributed by atoms with E-state index in [1.807, 2.05) is 24.4 Å². The van der Waals surface area contributed by atoms with Crippen molar-refractivity contribution in [2.75, 3.05) is 7.11 Å². The summed E-state index contributed by atoms with van der Waals surface area (Å²) in [5.74, 6) is 0.370. The largest absolute Gasteiger partial charge is 0.466 e. The Kier molecular flexibility index (Phi) is 5.06. The number of hydrogen-bond donors (Lipinski definition) is 0. The van der Waals surface area contributed by atoms with Crippen molar-refractivity contribution in [3.8, 4) is 0 Å². The van der Waals surface area contributed by atoms with Crippen molar-refractivity contribution in [3.05, 3.63) is 48.2 Å². The second kappa shape index (κ2) is 7.40. The maximum atomic E-state index is 11.8. The third-order valence-electron chi connectivity index (χ3n) is 4.69. The van der Waals surface area contributed by atoms with Crippen molar-refractivity contribution in [2.45, 2.75) is 38.5 Å². The number of nitrogens with zero attached hydrogens (tertiary/aromatic N) is 1. The van der Waals surface area contributed by atoms with Crippen molar-refractivity contribution in [3.63, 3.8) is 0 Å². The number of rotatable bonds is 4. The highest BCUT2D eigenvalue weighted by Crippen LogP contribution is 2.33. The number of carbonyl (C=O) groups is 1. The van der Waals surface area contributed by atoms with Crippen LogP contribution in [0, 0.1) is 5.92 Å². The number of allylic oxidation sites excluding steroid dienone is 1. The molecule has 3 heteroatoms. The lowest BCUT2D eigenvalue weighted by molar-refractivity contribution is -0.134. The number of aromatic nitrogens is 1. The van der Waals surface area contributed by atoms with E-state index in [1.165, 1.54) is 39.2 Å². The van der Waals surface area contributed by atoms with E-state index in [9.17, 15) is 4.79 Å². The highest BCUT2D eigenvalue weighted by Gasteiger charge is 2.17. The maximum absolute atomic E-state index is 11.8. The number of pyridine rings is 1. The second-order valence-corrected chi connectivity index (χ2v) is 6.32. The van der Waals surface area contributed by atoms with Gasteiger partial charge in [0.2, 0.25) is 0 Å². The van der Waals surface area contributed by atoms with Crippen LogP contribution in [0.15, 0.2) is 42.6 Å². The predicted octanol–water partition coefficient (Wildman–Crippen LogP) is 4.76. The highest BCUT2D eigenvalue weighted by molar-refractivity contribution is 5.92. The fourth-order valence-corrected chi connectivity index (χ4v) is 3.41. The summed E-state index contributed by atoms with van der Waals surface area (Å²) in [6, 6.07) is 10.2. The lowest BCUT2D eigenvalue weighted by atomic mass is 9.83. The monoisotopic (exact) mass is 309 g/mol. The van der Waals surface area contributed by atoms with Gasteiger partial charge in [0.05, 0.1) is 12.6 Å². The Bertz CT molecular complexity index is 714. The van der Waals surface area contributed by atoms with Crippen LogP contribution in [0.5, 0.6) is 0 Å². The number of carbonyl (C=O) groups excluding carboxylic acids is 1. The number of ether oxygens (including phenoxy) is 1. The zero-order chi connectivity index (χ0) is 16.1. The van der Waals surface area contributed by atoms with E-state index in [-0.39, 0.29) is 5.97 Å². The summed E-state index contributed by atoms with van der Waals surface area (Å²) in [5, 5.41) is 1.10. The number of para-hydroxylation sites is 1. The highest BCUT2D eigenvalue weighted by atomic mass is 16.5. The first kappa shape index (κ1) is 15.7. The Labute approximate surface area is 137 Å². The minimum Gasteiger partial charge on any atom is -0.466 e. The molecule has 1 aromatic heterocycles. The summed E-state index contributed by atoms with van der Waals surface area (Å²) in [7, 11) is 1.43. The predicted molar refractivity (Wildman–Crippen MR) is 92.9 cm³/mol. The van der Waals surface area contributed by atoms with Gasteiger partial charge in [-0.3, -0.25) is 4.98 Å². The van der Waals surface area contributed by atoms with Gasteiger partial charge in [-0.2, -0.15) is 0 Å². The lowest BCUT2D eigenvalue weighted by Gasteiger charge is -2.23. The molecule has 0 radical (unpaired) electrons. The van der Waals surface area contributed by atoms with Gasteiger partial charge < -0.3 is 4.74 Å². The Hall–Kier alpha value is -2.16. The van der Waals surface area contributed by atoms with Crippen LogP contribution >= 0.6 is 0 Å². The minimum atomic E-state index is -0.288. The Morgan fingerprint density at radius 3 is 2.83 bits per heavy atom. The molecule has 1 aromatic carbocycles. The van der Waals surface area contributed by atoms with Crippen molar-refractivity contribution in [1.29, 1.82) is 0 Å². The quantitative estimate of drug-likeness (QED) is 0.603. The van der Waals surface area contributed by atoms with Crippen LogP contribution in [-0.4, -0.2) is 18.1 Å². The average Bonchev–Trinajstić information content (AvgIpc) is 2.61. The van der Waals surface area contributed by atoms with Gasteiger partial charge in [-0.25, -0.2) is 4.79 Å². The molecule has 1 heterocycles. The molecule has 23 heavy (non-hydrogen) atoms. The molecule has 1 aliphatic rings. The zero-order valence-corrected chi connectivity index (χ0v) is 13.6. The van der Waals surface area contributed by atoms with E-state index < -0.39 is 0 Å². The van der Waals surface area contributed by atoms with Crippen molar-refractivity contribution in [2.24, 2.45) is 5.92 Å². The molecule has 0 spiro atoms. The molecule has 1 aliphatic carbocycles. The molecule has 0 aliphatic heterocycles. The molecule has 0 amide bonds. The standard InChI is InChI=1S/C20H23NO2/c1-23-20(22)13-17(11-15-7-3-2-4-8-15)18-12-16-9-5-6-10-19(16)21-14-18/h5-6,9-10,12-15H,2-4,7-8,11H2,1H3/b17-13-. The van der Waals surface area contributed by atoms with E-state index in [0.717, 1.165) is 28.5 Å². The maximum Gasteiger partial charge on any atom is 0.330 e. The van der Waals surface area contributed by atoms with Gasteiger partial charge >= 0.3 is 5.97 Å². The number of methoxy groups -OCH3 is 1. The van der Waals surface area contributed by atoms with Gasteiger partial charge in [0.1, 0.15) is 0 Å². The van der Waals surface area contributed by atoms with Gasteiger partial charge in [-0.05, 0) is 35.6 Å². The third-order valence-corrected chi connectivity index (χ3v) is 4.69. The van der Waals surface area contributed by atoms with E-state index >= 15 is 0 Å². The van der Waals surface area contributed by atoms with E-state index in [2.05, 4.69) is 17.1 Å². The normalized spacial score (nSPS) is 16.5. The lowest BCUT2D eigenvalue weighted by Crippen LogP contribution is -2.08. The summed E-state index contributed by atoms with van der Waals surface area (Å²) in [5.41, 5.74) is 3.05. The van der Waals surface area contributed by atoms with Crippen LogP contribution in [0.4, 0.5) is 0 Å². The van der Waals surface area contributed by atoms with Crippen LogP contribution in [0.1, 0.15) is 44.1 Å². The first-order valence-corrected chi connectivity index (χ1v) is 8.40. The first-order chi connectivity index (χ1) is 11.3. The fourth-order valence-electron chi connectivity index (χ4n) is 3.41. The van der Waals surface area contributed by atoms with Crippen LogP contribution in [-0.2, 0) is 9.53 Å². The van der Waals surface area contributed by atoms with Crippen LogP contribution in [0.2, 0.25) is 0 Å². The van der Waals surface area contributed by atoms with Gasteiger partial charge in [-0.1, -0.05) is 50.3 Å². The number of hydrogen-bond acceptors (Lipinski definition) is 3. The van der Waals surface area contributed by atoms with Crippen molar-refractivity contribution in [1.82, 2.24) is 4.98 Å². The summed E-state index contributed by atoms with van der Waals surface area (Å²) in [6.07, 6.45) is 10.9. The molecule has 1 fully saturated rings. The molecule has 3 rings (SSSR count). The van der Waals surface area contributed by atoms with Crippen LogP contribution in [0.3, 0.4) is 0 Å². The topological polar surface area (TPSA) is 39.2 Å². The molecule has 1 saturated carbocycles. The van der Waals surface area contributed by atoms with E-state index in [4.69, 9.17) is 4.74 Å². The first-order valence-electron chi connectivity index (χ1n) is 8.40. The Morgan fingerprint density at radius 1 is 1.26 bits per heavy atom. The summed E-state index contributed by atoms with van der Waals surface area (Å²) < 4.78 is 4.84. The van der Waals surface area contributed by atoms with Crippen molar-refractivity contribution < 1.29 is 9.53 Å². The average molecular weight is 309 g/mol. The van der Waals surface area contributed by atoms with Crippen molar-refractivity contribution >= 4 is 22.4 Å². The Balaban J connectivity index is 1.91. The zero-order valence-electron chi connectivity index (χ0n) is 13.6. The molecule has 120 valence electrons. The third kappa shape index (κ3) is 3.98. The minimum absolute atomic E-state index is 0.288. The van der Waals surface area contributed by atoms with Gasteiger partial charge in [0.15, 0.2) is 0 Å². The molecule has 0 N–H and O–H groups in total. The number of benzene rings is 1. The molecular weight excluding hydrogens is 286 g/mol. The Morgan fingerprint density at radius 2 is 2.04 bits per heavy atom. The second-order valence-electron chi connectivity index (χ2n) is 6.32. The SMILES string of the molecule is COC(=O)/C=C(/CC1CCCCC1)c1cnc2ccccc2c1. The van der Waals surface area contributed by atoms with E-state index in [1.54, 1.807) is 6.08 Å². The molecule has 3 nitrogen and oxygen atoms in total. The molecule has 2 aromatic rings. The smallest absolute Gasteiger partial charge is 0.330 e. The molecule has 0 bridgehead atoms.